The van der Waals surface area contributed by atoms with Crippen LogP contribution >= 0.6 is 0 Å². The van der Waals surface area contributed by atoms with E-state index in [-0.39, 0.29) is 43.5 Å². The molecule has 3 N–H and O–H groups in total. The number of nitrogens with one attached hydrogen (secondary N) is 2. The molecule has 1 atom stereocenters. The lowest BCUT2D eigenvalue weighted by atomic mass is 10.0. The monoisotopic (exact) mass is 509 g/mol. The van der Waals surface area contributed by atoms with Crippen LogP contribution < -0.4 is 15.5 Å². The molecule has 1 amide bonds. The summed E-state index contributed by atoms with van der Waals surface area (Å²) < 4.78 is 64.7. The van der Waals surface area contributed by atoms with Gasteiger partial charge in [-0.3, -0.25) is 9.59 Å². The van der Waals surface area contributed by atoms with Crippen molar-refractivity contribution in [3.63, 3.8) is 0 Å². The number of ether oxygens (including phenoxy) is 1. The van der Waals surface area contributed by atoms with E-state index in [0.717, 1.165) is 11.1 Å². The number of rotatable bonds is 8. The largest absolute Gasteiger partial charge is 0.506 e. The summed E-state index contributed by atoms with van der Waals surface area (Å²) >= 11 is 0. The van der Waals surface area contributed by atoms with E-state index in [2.05, 4.69) is 10.6 Å². The van der Waals surface area contributed by atoms with Gasteiger partial charge in [0.25, 0.3) is 0 Å². The van der Waals surface area contributed by atoms with E-state index in [1.807, 2.05) is 0 Å². The molecule has 0 aliphatic carbocycles. The Bertz CT molecular complexity index is 1210. The molecular formula is C24H23F4N3O5. The standard InChI is InChI=1S/C24H23F4N3O5/c1-3-36-24(35)14(10-29-15-6-4-5-7-16(15)33)23(34)17-18(25)20(27)22(21(28)19(17)26)31-9-8-13(11-31)30-12(2)32/h4-7,10,13,29,33H,3,8-9,11H2,1-2H3,(H,30,32)/b14-10+. The van der Waals surface area contributed by atoms with Crippen LogP contribution in [0.1, 0.15) is 30.6 Å². The summed E-state index contributed by atoms with van der Waals surface area (Å²) in [6.45, 7) is 2.33. The molecule has 0 aromatic heterocycles. The van der Waals surface area contributed by atoms with Gasteiger partial charge < -0.3 is 25.4 Å². The van der Waals surface area contributed by atoms with Crippen LogP contribution in [0.2, 0.25) is 0 Å². The van der Waals surface area contributed by atoms with Crippen molar-refractivity contribution in [2.45, 2.75) is 26.3 Å². The summed E-state index contributed by atoms with van der Waals surface area (Å²) in [5.41, 5.74) is -3.58. The van der Waals surface area contributed by atoms with Gasteiger partial charge in [0.2, 0.25) is 11.7 Å². The van der Waals surface area contributed by atoms with Crippen molar-refractivity contribution in [3.05, 3.63) is 64.9 Å². The molecule has 3 rings (SSSR count). The van der Waals surface area contributed by atoms with Crippen LogP contribution in [0.5, 0.6) is 5.75 Å². The summed E-state index contributed by atoms with van der Waals surface area (Å²) in [6, 6.07) is 5.18. The lowest BCUT2D eigenvalue weighted by Crippen LogP contribution is -2.36. The second-order valence-corrected chi connectivity index (χ2v) is 7.88. The molecular weight excluding hydrogens is 486 g/mol. The highest BCUT2D eigenvalue weighted by molar-refractivity contribution is 6.24. The number of Topliss-reactive ketones (excluding diaryl/α,β-unsaturated/α-hetero) is 1. The SMILES string of the molecule is CCOC(=O)/C(=C/Nc1ccccc1O)C(=O)c1c(F)c(F)c(N2CCC(NC(C)=O)C2)c(F)c1F. The van der Waals surface area contributed by atoms with Gasteiger partial charge in [-0.15, -0.1) is 0 Å². The number of anilines is 2. The minimum atomic E-state index is -1.99. The first-order valence-electron chi connectivity index (χ1n) is 10.9. The summed E-state index contributed by atoms with van der Waals surface area (Å²) in [4.78, 5) is 37.6. The number of nitrogens with zero attached hydrogens (tertiary/aromatic N) is 1. The Morgan fingerprint density at radius 2 is 1.75 bits per heavy atom. The van der Waals surface area contributed by atoms with Crippen LogP contribution in [-0.2, 0) is 14.3 Å². The average Bonchev–Trinajstić information content (AvgIpc) is 3.26. The van der Waals surface area contributed by atoms with E-state index in [9.17, 15) is 28.3 Å². The quantitative estimate of drug-likeness (QED) is 0.0732. The Morgan fingerprint density at radius 1 is 1.11 bits per heavy atom. The van der Waals surface area contributed by atoms with Gasteiger partial charge in [-0.1, -0.05) is 12.1 Å². The number of benzene rings is 2. The Kier molecular flexibility index (Phi) is 8.18. The van der Waals surface area contributed by atoms with Crippen LogP contribution in [0.15, 0.2) is 36.0 Å². The van der Waals surface area contributed by atoms with Crippen LogP contribution in [0.4, 0.5) is 28.9 Å². The van der Waals surface area contributed by atoms with Crippen molar-refractivity contribution in [2.75, 3.05) is 29.9 Å². The van der Waals surface area contributed by atoms with Crippen molar-refractivity contribution in [1.29, 1.82) is 0 Å². The number of esters is 1. The highest BCUT2D eigenvalue weighted by Gasteiger charge is 2.36. The molecule has 0 bridgehead atoms. The van der Waals surface area contributed by atoms with Gasteiger partial charge in [0.1, 0.15) is 22.6 Å². The Balaban J connectivity index is 2.01. The Labute approximate surface area is 203 Å². The molecule has 1 aliphatic rings. The normalized spacial score (nSPS) is 15.6. The second-order valence-electron chi connectivity index (χ2n) is 7.88. The van der Waals surface area contributed by atoms with Crippen molar-refractivity contribution in [3.8, 4) is 5.75 Å². The van der Waals surface area contributed by atoms with Crippen molar-refractivity contribution in [1.82, 2.24) is 5.32 Å². The van der Waals surface area contributed by atoms with Crippen molar-refractivity contribution in [2.24, 2.45) is 0 Å². The number of hydrogen-bond acceptors (Lipinski definition) is 7. The number of ketones is 1. The molecule has 0 saturated carbocycles. The zero-order valence-electron chi connectivity index (χ0n) is 19.3. The molecule has 1 unspecified atom stereocenters. The molecule has 8 nitrogen and oxygen atoms in total. The minimum Gasteiger partial charge on any atom is -0.506 e. The third-order valence-corrected chi connectivity index (χ3v) is 5.40. The average molecular weight is 509 g/mol. The maximum Gasteiger partial charge on any atom is 0.343 e. The second kappa shape index (κ2) is 11.1. The third kappa shape index (κ3) is 5.42. The van der Waals surface area contributed by atoms with Gasteiger partial charge in [-0.05, 0) is 25.5 Å². The third-order valence-electron chi connectivity index (χ3n) is 5.40. The predicted octanol–water partition coefficient (Wildman–Crippen LogP) is 3.41. The lowest BCUT2D eigenvalue weighted by Gasteiger charge is -2.22. The number of phenolic OH excluding ortho intramolecular Hbond substituents is 1. The molecule has 36 heavy (non-hydrogen) atoms. The van der Waals surface area contributed by atoms with Gasteiger partial charge in [-0.25, -0.2) is 22.4 Å². The first kappa shape index (κ1) is 26.5. The smallest absolute Gasteiger partial charge is 0.343 e. The predicted molar refractivity (Wildman–Crippen MR) is 121 cm³/mol. The van der Waals surface area contributed by atoms with Gasteiger partial charge in [0, 0.05) is 32.3 Å². The van der Waals surface area contributed by atoms with Gasteiger partial charge in [0.05, 0.1) is 12.3 Å². The number of carbonyl (C=O) groups is 3. The molecule has 0 spiro atoms. The van der Waals surface area contributed by atoms with E-state index in [1.165, 1.54) is 38.1 Å². The molecule has 1 heterocycles. The van der Waals surface area contributed by atoms with E-state index in [4.69, 9.17) is 4.74 Å². The van der Waals surface area contributed by atoms with Gasteiger partial charge >= 0.3 is 5.97 Å². The summed E-state index contributed by atoms with van der Waals surface area (Å²) in [5.74, 6) is -11.3. The molecule has 12 heteroatoms. The molecule has 0 radical (unpaired) electrons. The van der Waals surface area contributed by atoms with Gasteiger partial charge in [0.15, 0.2) is 23.3 Å². The lowest BCUT2D eigenvalue weighted by molar-refractivity contribution is -0.138. The molecule has 192 valence electrons. The highest BCUT2D eigenvalue weighted by Crippen LogP contribution is 2.34. The fourth-order valence-electron chi connectivity index (χ4n) is 3.77. The number of hydrogen-bond donors (Lipinski definition) is 3. The van der Waals surface area contributed by atoms with E-state index in [1.54, 1.807) is 0 Å². The Morgan fingerprint density at radius 3 is 2.33 bits per heavy atom. The fraction of sp³-hybridized carbons (Fsp3) is 0.292. The maximum atomic E-state index is 15.0. The zero-order chi connectivity index (χ0) is 26.6. The molecule has 1 saturated heterocycles. The number of aromatic hydroxyl groups is 1. The van der Waals surface area contributed by atoms with E-state index >= 15 is 8.78 Å². The van der Waals surface area contributed by atoms with E-state index < -0.39 is 57.9 Å². The molecule has 1 fully saturated rings. The van der Waals surface area contributed by atoms with Crippen molar-refractivity contribution < 1.29 is 41.8 Å². The Hall–Kier alpha value is -4.09. The highest BCUT2D eigenvalue weighted by atomic mass is 19.2. The van der Waals surface area contributed by atoms with Crippen molar-refractivity contribution >= 4 is 29.0 Å². The van der Waals surface area contributed by atoms with Crippen LogP contribution in [-0.4, -0.2) is 48.5 Å². The zero-order valence-corrected chi connectivity index (χ0v) is 19.3. The van der Waals surface area contributed by atoms with E-state index in [0.29, 0.717) is 0 Å². The topological polar surface area (TPSA) is 108 Å². The molecule has 2 aromatic rings. The molecule has 2 aromatic carbocycles. The number of halogens is 4. The number of carbonyl (C=O) groups excluding carboxylic acids is 3. The van der Waals surface area contributed by atoms with Crippen LogP contribution in [0.25, 0.3) is 0 Å². The maximum absolute atomic E-state index is 15.0. The number of phenols is 1. The fourth-order valence-corrected chi connectivity index (χ4v) is 3.77. The minimum absolute atomic E-state index is 0.0105. The summed E-state index contributed by atoms with van der Waals surface area (Å²) in [5, 5.41) is 14.8. The number of para-hydroxylation sites is 2. The molecule has 1 aliphatic heterocycles. The van der Waals surface area contributed by atoms with Gasteiger partial charge in [-0.2, -0.15) is 0 Å². The summed E-state index contributed by atoms with van der Waals surface area (Å²) in [6.07, 6.45) is 0.993. The van der Waals surface area contributed by atoms with Crippen LogP contribution in [0.3, 0.4) is 0 Å². The van der Waals surface area contributed by atoms with Crippen LogP contribution in [0, 0.1) is 23.3 Å². The first-order valence-corrected chi connectivity index (χ1v) is 10.9. The summed E-state index contributed by atoms with van der Waals surface area (Å²) in [7, 11) is 0. The first-order chi connectivity index (χ1) is 17.1. The number of amides is 1.